The SMILES string of the molecule is O=S(=O)(CCCC(F)(F)F)Nc1cccc(CCl)c1. The number of sulfonamides is 1. The average Bonchev–Trinajstić information content (AvgIpc) is 2.26. The highest BCUT2D eigenvalue weighted by atomic mass is 35.5. The van der Waals surface area contributed by atoms with Crippen LogP contribution in [0.1, 0.15) is 18.4 Å². The minimum Gasteiger partial charge on any atom is -0.284 e. The van der Waals surface area contributed by atoms with E-state index in [0.717, 1.165) is 5.56 Å². The van der Waals surface area contributed by atoms with E-state index in [1.165, 1.54) is 12.1 Å². The summed E-state index contributed by atoms with van der Waals surface area (Å²) in [4.78, 5) is 0. The number of benzene rings is 1. The van der Waals surface area contributed by atoms with Crippen LogP contribution in [0, 0.1) is 0 Å². The zero-order valence-electron chi connectivity index (χ0n) is 9.87. The third-order valence-electron chi connectivity index (χ3n) is 2.23. The number of halogens is 4. The van der Waals surface area contributed by atoms with Crippen molar-refractivity contribution in [3.8, 4) is 0 Å². The highest BCUT2D eigenvalue weighted by Gasteiger charge is 2.27. The minimum absolute atomic E-state index is 0.226. The van der Waals surface area contributed by atoms with Crippen LogP contribution in [0.2, 0.25) is 0 Å². The Morgan fingerprint density at radius 1 is 1.26 bits per heavy atom. The maximum atomic E-state index is 11.9. The number of hydrogen-bond acceptors (Lipinski definition) is 2. The van der Waals surface area contributed by atoms with Crippen molar-refractivity contribution in [2.75, 3.05) is 10.5 Å². The molecule has 0 atom stereocenters. The van der Waals surface area contributed by atoms with Crippen molar-refractivity contribution in [1.82, 2.24) is 0 Å². The van der Waals surface area contributed by atoms with Gasteiger partial charge in [-0.25, -0.2) is 8.42 Å². The van der Waals surface area contributed by atoms with Gasteiger partial charge < -0.3 is 0 Å². The van der Waals surface area contributed by atoms with Gasteiger partial charge in [-0.2, -0.15) is 13.2 Å². The largest absolute Gasteiger partial charge is 0.389 e. The van der Waals surface area contributed by atoms with Gasteiger partial charge >= 0.3 is 6.18 Å². The molecule has 1 N–H and O–H groups in total. The quantitative estimate of drug-likeness (QED) is 0.817. The highest BCUT2D eigenvalue weighted by Crippen LogP contribution is 2.22. The summed E-state index contributed by atoms with van der Waals surface area (Å²) in [6.45, 7) is 0. The number of hydrogen-bond donors (Lipinski definition) is 1. The molecule has 0 saturated heterocycles. The molecule has 1 rings (SSSR count). The Morgan fingerprint density at radius 3 is 2.53 bits per heavy atom. The van der Waals surface area contributed by atoms with Crippen LogP contribution in [0.25, 0.3) is 0 Å². The molecule has 0 aliphatic rings. The van der Waals surface area contributed by atoms with Crippen molar-refractivity contribution in [3.63, 3.8) is 0 Å². The van der Waals surface area contributed by atoms with Gasteiger partial charge in [0.2, 0.25) is 10.0 Å². The Labute approximate surface area is 114 Å². The summed E-state index contributed by atoms with van der Waals surface area (Å²) in [5, 5.41) is 0. The van der Waals surface area contributed by atoms with Gasteiger partial charge in [0, 0.05) is 18.0 Å². The van der Waals surface area contributed by atoms with Crippen LogP contribution in [0.5, 0.6) is 0 Å². The van der Waals surface area contributed by atoms with Crippen molar-refractivity contribution in [1.29, 1.82) is 0 Å². The molecule has 0 spiro atoms. The molecule has 0 bridgehead atoms. The molecule has 8 heteroatoms. The van der Waals surface area contributed by atoms with Crippen LogP contribution in [0.4, 0.5) is 18.9 Å². The maximum Gasteiger partial charge on any atom is 0.389 e. The fourth-order valence-electron chi connectivity index (χ4n) is 1.41. The second-order valence-electron chi connectivity index (χ2n) is 3.97. The predicted octanol–water partition coefficient (Wildman–Crippen LogP) is 3.51. The van der Waals surface area contributed by atoms with E-state index in [4.69, 9.17) is 11.6 Å². The van der Waals surface area contributed by atoms with Gasteiger partial charge in [0.05, 0.1) is 5.75 Å². The number of alkyl halides is 4. The van der Waals surface area contributed by atoms with Crippen molar-refractivity contribution >= 4 is 27.3 Å². The van der Waals surface area contributed by atoms with Crippen molar-refractivity contribution in [2.24, 2.45) is 0 Å². The molecular formula is C11H13ClF3NO2S. The molecule has 1 aromatic carbocycles. The van der Waals surface area contributed by atoms with E-state index in [1.54, 1.807) is 12.1 Å². The van der Waals surface area contributed by atoms with Crippen LogP contribution >= 0.6 is 11.6 Å². The molecule has 19 heavy (non-hydrogen) atoms. The molecule has 0 saturated carbocycles. The summed E-state index contributed by atoms with van der Waals surface area (Å²) in [7, 11) is -3.78. The van der Waals surface area contributed by atoms with E-state index in [9.17, 15) is 21.6 Å². The third-order valence-corrected chi connectivity index (χ3v) is 3.91. The number of nitrogens with one attached hydrogen (secondary N) is 1. The Kier molecular flexibility index (Phi) is 5.49. The van der Waals surface area contributed by atoms with E-state index in [-0.39, 0.29) is 5.88 Å². The highest BCUT2D eigenvalue weighted by molar-refractivity contribution is 7.92. The minimum atomic E-state index is -4.34. The van der Waals surface area contributed by atoms with Gasteiger partial charge in [-0.15, -0.1) is 11.6 Å². The van der Waals surface area contributed by atoms with Gasteiger partial charge in [0.15, 0.2) is 0 Å². The molecule has 0 aliphatic heterocycles. The molecule has 3 nitrogen and oxygen atoms in total. The fraction of sp³-hybridized carbons (Fsp3) is 0.455. The third kappa shape index (κ3) is 6.68. The first-order chi connectivity index (χ1) is 8.72. The van der Waals surface area contributed by atoms with Crippen LogP contribution in [0.15, 0.2) is 24.3 Å². The van der Waals surface area contributed by atoms with Gasteiger partial charge in [-0.05, 0) is 24.1 Å². The summed E-state index contributed by atoms with van der Waals surface area (Å²) in [5.74, 6) is -0.346. The monoisotopic (exact) mass is 315 g/mol. The summed E-state index contributed by atoms with van der Waals surface area (Å²) in [5.41, 5.74) is 1.02. The molecule has 0 aromatic heterocycles. The van der Waals surface area contributed by atoms with Crippen LogP contribution < -0.4 is 4.72 Å². The lowest BCUT2D eigenvalue weighted by Gasteiger charge is -2.09. The van der Waals surface area contributed by atoms with E-state index < -0.39 is 34.8 Å². The molecule has 0 aliphatic carbocycles. The smallest absolute Gasteiger partial charge is 0.284 e. The lowest BCUT2D eigenvalue weighted by molar-refractivity contribution is -0.134. The van der Waals surface area contributed by atoms with Crippen molar-refractivity contribution in [3.05, 3.63) is 29.8 Å². The Bertz CT molecular complexity index is 517. The standard InChI is InChI=1S/C11H13ClF3NO2S/c12-8-9-3-1-4-10(7-9)16-19(17,18)6-2-5-11(13,14)15/h1,3-4,7,16H,2,5-6,8H2. The summed E-state index contributed by atoms with van der Waals surface area (Å²) in [6, 6.07) is 6.38. The topological polar surface area (TPSA) is 46.2 Å². The first-order valence-electron chi connectivity index (χ1n) is 5.44. The number of anilines is 1. The van der Waals surface area contributed by atoms with Crippen LogP contribution in [0.3, 0.4) is 0 Å². The van der Waals surface area contributed by atoms with Gasteiger partial charge in [0.25, 0.3) is 0 Å². The first kappa shape index (κ1) is 16.1. The molecule has 0 fully saturated rings. The molecule has 1 aromatic rings. The van der Waals surface area contributed by atoms with Crippen molar-refractivity contribution < 1.29 is 21.6 Å². The predicted molar refractivity (Wildman–Crippen MR) is 68.7 cm³/mol. The second-order valence-corrected chi connectivity index (χ2v) is 6.08. The van der Waals surface area contributed by atoms with E-state index >= 15 is 0 Å². The molecule has 0 heterocycles. The zero-order chi connectivity index (χ0) is 14.5. The molecule has 0 amide bonds. The molecule has 0 radical (unpaired) electrons. The average molecular weight is 316 g/mol. The van der Waals surface area contributed by atoms with Gasteiger partial charge in [-0.3, -0.25) is 4.72 Å². The molecule has 108 valence electrons. The Balaban J connectivity index is 2.59. The summed E-state index contributed by atoms with van der Waals surface area (Å²) < 4.78 is 61.2. The van der Waals surface area contributed by atoms with Gasteiger partial charge in [0.1, 0.15) is 0 Å². The summed E-state index contributed by atoms with van der Waals surface area (Å²) >= 11 is 5.60. The second kappa shape index (κ2) is 6.47. The Hall–Kier alpha value is -0.950. The van der Waals surface area contributed by atoms with E-state index in [0.29, 0.717) is 5.69 Å². The first-order valence-corrected chi connectivity index (χ1v) is 7.63. The lowest BCUT2D eigenvalue weighted by Crippen LogP contribution is -2.18. The van der Waals surface area contributed by atoms with E-state index in [2.05, 4.69) is 4.72 Å². The lowest BCUT2D eigenvalue weighted by atomic mass is 10.2. The van der Waals surface area contributed by atoms with Gasteiger partial charge in [-0.1, -0.05) is 12.1 Å². The Morgan fingerprint density at radius 2 is 1.95 bits per heavy atom. The van der Waals surface area contributed by atoms with Crippen molar-refractivity contribution in [2.45, 2.75) is 24.9 Å². The van der Waals surface area contributed by atoms with Crippen LogP contribution in [-0.4, -0.2) is 20.3 Å². The maximum absolute atomic E-state index is 11.9. The molecule has 0 unspecified atom stereocenters. The molecular weight excluding hydrogens is 303 g/mol. The number of rotatable bonds is 6. The van der Waals surface area contributed by atoms with E-state index in [1.807, 2.05) is 0 Å². The fourth-order valence-corrected chi connectivity index (χ4v) is 2.69. The zero-order valence-corrected chi connectivity index (χ0v) is 11.4. The normalized spacial score (nSPS) is 12.4. The summed E-state index contributed by atoms with van der Waals surface area (Å²) in [6.07, 6.45) is -5.92. The van der Waals surface area contributed by atoms with Crippen LogP contribution in [-0.2, 0) is 15.9 Å².